The van der Waals surface area contributed by atoms with Crippen LogP contribution in [0.3, 0.4) is 0 Å². The second-order valence-electron chi connectivity index (χ2n) is 6.35. The van der Waals surface area contributed by atoms with Gasteiger partial charge in [-0.3, -0.25) is 10.00 Å². The molecule has 0 aromatic carbocycles. The van der Waals surface area contributed by atoms with Crippen LogP contribution in [0.4, 0.5) is 0 Å². The summed E-state index contributed by atoms with van der Waals surface area (Å²) in [4.78, 5) is 6.92. The summed E-state index contributed by atoms with van der Waals surface area (Å²) in [5.74, 6) is 3.99. The van der Waals surface area contributed by atoms with Crippen molar-refractivity contribution in [2.24, 2.45) is 0 Å². The summed E-state index contributed by atoms with van der Waals surface area (Å²) >= 11 is 0. The van der Waals surface area contributed by atoms with E-state index < -0.39 is 0 Å². The molecule has 1 aliphatic heterocycles. The first-order valence-corrected chi connectivity index (χ1v) is 7.84. The van der Waals surface area contributed by atoms with Crippen LogP contribution in [0.5, 0.6) is 0 Å². The standard InChI is InChI=1S/C15H21N5O/c1-10-16-15(18-17-10)12-3-2-6-20(8-12)9-13-7-14(21-19-13)11-4-5-11/h7,11-12H,2-6,8-9H2,1H3,(H,16,17,18). The maximum absolute atomic E-state index is 5.44. The summed E-state index contributed by atoms with van der Waals surface area (Å²) in [7, 11) is 0. The van der Waals surface area contributed by atoms with E-state index in [4.69, 9.17) is 4.52 Å². The molecule has 6 nitrogen and oxygen atoms in total. The van der Waals surface area contributed by atoms with Crippen LogP contribution >= 0.6 is 0 Å². The Hall–Kier alpha value is -1.69. The molecular formula is C15H21N5O. The first-order valence-electron chi connectivity index (χ1n) is 7.84. The zero-order valence-electron chi connectivity index (χ0n) is 12.4. The number of H-pyrrole nitrogens is 1. The van der Waals surface area contributed by atoms with Crippen LogP contribution < -0.4 is 0 Å². The second kappa shape index (κ2) is 5.26. The minimum atomic E-state index is 0.429. The van der Waals surface area contributed by atoms with Gasteiger partial charge in [-0.15, -0.1) is 0 Å². The second-order valence-corrected chi connectivity index (χ2v) is 6.35. The van der Waals surface area contributed by atoms with E-state index in [1.54, 1.807) is 0 Å². The lowest BCUT2D eigenvalue weighted by atomic mass is 9.97. The molecule has 6 heteroatoms. The Morgan fingerprint density at radius 3 is 3.00 bits per heavy atom. The van der Waals surface area contributed by atoms with Gasteiger partial charge in [-0.1, -0.05) is 5.16 Å². The fourth-order valence-corrected chi connectivity index (χ4v) is 3.14. The van der Waals surface area contributed by atoms with E-state index in [0.29, 0.717) is 11.8 Å². The Labute approximate surface area is 123 Å². The molecule has 1 aliphatic carbocycles. The van der Waals surface area contributed by atoms with Gasteiger partial charge in [0.1, 0.15) is 11.6 Å². The normalized spacial score (nSPS) is 23.6. The molecule has 0 bridgehead atoms. The van der Waals surface area contributed by atoms with Gasteiger partial charge in [0.15, 0.2) is 5.82 Å². The fraction of sp³-hybridized carbons (Fsp3) is 0.667. The maximum atomic E-state index is 5.44. The molecule has 2 fully saturated rings. The third-order valence-electron chi connectivity index (χ3n) is 4.43. The Morgan fingerprint density at radius 1 is 1.33 bits per heavy atom. The van der Waals surface area contributed by atoms with Gasteiger partial charge in [0.25, 0.3) is 0 Å². The molecule has 3 heterocycles. The van der Waals surface area contributed by atoms with Crippen molar-refractivity contribution in [2.75, 3.05) is 13.1 Å². The first kappa shape index (κ1) is 13.0. The van der Waals surface area contributed by atoms with Crippen LogP contribution in [-0.2, 0) is 6.54 Å². The highest BCUT2D eigenvalue weighted by atomic mass is 16.5. The van der Waals surface area contributed by atoms with Crippen molar-refractivity contribution in [2.45, 2.75) is 51.0 Å². The quantitative estimate of drug-likeness (QED) is 0.934. The molecule has 2 aromatic heterocycles. The average Bonchev–Trinajstić information content (AvgIpc) is 3.09. The molecule has 1 N–H and O–H groups in total. The third-order valence-corrected chi connectivity index (χ3v) is 4.43. The number of aromatic nitrogens is 4. The lowest BCUT2D eigenvalue weighted by Gasteiger charge is -2.30. The SMILES string of the molecule is Cc1nc(C2CCCN(Cc3cc(C4CC4)on3)C2)n[nH]1. The van der Waals surface area contributed by atoms with Gasteiger partial charge in [0.05, 0.1) is 5.69 Å². The van der Waals surface area contributed by atoms with E-state index in [0.717, 1.165) is 42.7 Å². The lowest BCUT2D eigenvalue weighted by Crippen LogP contribution is -2.34. The Balaban J connectivity index is 1.40. The van der Waals surface area contributed by atoms with Crippen LogP contribution in [0.25, 0.3) is 0 Å². The van der Waals surface area contributed by atoms with Crippen molar-refractivity contribution >= 4 is 0 Å². The number of hydrogen-bond donors (Lipinski definition) is 1. The van der Waals surface area contributed by atoms with Crippen LogP contribution in [0, 0.1) is 6.92 Å². The van der Waals surface area contributed by atoms with E-state index in [-0.39, 0.29) is 0 Å². The van der Waals surface area contributed by atoms with Gasteiger partial charge in [0.2, 0.25) is 0 Å². The van der Waals surface area contributed by atoms with Gasteiger partial charge < -0.3 is 4.52 Å². The van der Waals surface area contributed by atoms with Crippen molar-refractivity contribution in [1.82, 2.24) is 25.2 Å². The largest absolute Gasteiger partial charge is 0.361 e. The van der Waals surface area contributed by atoms with Crippen LogP contribution in [0.1, 0.15) is 60.6 Å². The first-order chi connectivity index (χ1) is 10.3. The molecule has 112 valence electrons. The minimum absolute atomic E-state index is 0.429. The van der Waals surface area contributed by atoms with Crippen LogP contribution in [0.15, 0.2) is 10.6 Å². The molecule has 0 spiro atoms. The molecule has 1 saturated carbocycles. The average molecular weight is 287 g/mol. The maximum Gasteiger partial charge on any atom is 0.155 e. The summed E-state index contributed by atoms with van der Waals surface area (Å²) < 4.78 is 5.44. The molecule has 2 aliphatic rings. The van der Waals surface area contributed by atoms with Gasteiger partial charge in [-0.25, -0.2) is 4.98 Å². The molecule has 2 aromatic rings. The molecule has 1 saturated heterocycles. The third kappa shape index (κ3) is 2.85. The highest BCUT2D eigenvalue weighted by molar-refractivity contribution is 5.14. The molecule has 21 heavy (non-hydrogen) atoms. The smallest absolute Gasteiger partial charge is 0.155 e. The number of nitrogens with one attached hydrogen (secondary N) is 1. The highest BCUT2D eigenvalue weighted by Crippen LogP contribution is 2.40. The highest BCUT2D eigenvalue weighted by Gasteiger charge is 2.29. The summed E-state index contributed by atoms with van der Waals surface area (Å²) in [5.41, 5.74) is 1.06. The molecular weight excluding hydrogens is 266 g/mol. The van der Waals surface area contributed by atoms with Gasteiger partial charge in [-0.05, 0) is 39.2 Å². The van der Waals surface area contributed by atoms with Crippen molar-refractivity contribution in [3.63, 3.8) is 0 Å². The van der Waals surface area contributed by atoms with E-state index in [1.807, 2.05) is 6.92 Å². The van der Waals surface area contributed by atoms with Crippen LogP contribution in [-0.4, -0.2) is 38.3 Å². The van der Waals surface area contributed by atoms with Crippen molar-refractivity contribution in [3.05, 3.63) is 29.2 Å². The molecule has 1 unspecified atom stereocenters. The van der Waals surface area contributed by atoms with Crippen molar-refractivity contribution in [1.29, 1.82) is 0 Å². The summed E-state index contributed by atoms with van der Waals surface area (Å²) in [5, 5.41) is 11.5. The number of aryl methyl sites for hydroxylation is 1. The summed E-state index contributed by atoms with van der Waals surface area (Å²) in [6.45, 7) is 4.94. The predicted octanol–water partition coefficient (Wildman–Crippen LogP) is 2.36. The Kier molecular flexibility index (Phi) is 3.25. The summed E-state index contributed by atoms with van der Waals surface area (Å²) in [6.07, 6.45) is 4.86. The Morgan fingerprint density at radius 2 is 2.24 bits per heavy atom. The number of piperidine rings is 1. The lowest BCUT2D eigenvalue weighted by molar-refractivity contribution is 0.191. The van der Waals surface area contributed by atoms with E-state index in [1.165, 1.54) is 25.7 Å². The fourth-order valence-electron chi connectivity index (χ4n) is 3.14. The van der Waals surface area contributed by atoms with E-state index in [9.17, 15) is 0 Å². The monoisotopic (exact) mass is 287 g/mol. The number of nitrogens with zero attached hydrogens (tertiary/aromatic N) is 4. The van der Waals surface area contributed by atoms with Gasteiger partial charge in [0, 0.05) is 31.0 Å². The van der Waals surface area contributed by atoms with E-state index >= 15 is 0 Å². The number of likely N-dealkylation sites (tertiary alicyclic amines) is 1. The molecule has 4 rings (SSSR count). The van der Waals surface area contributed by atoms with E-state index in [2.05, 4.69) is 31.3 Å². The van der Waals surface area contributed by atoms with Gasteiger partial charge >= 0.3 is 0 Å². The molecule has 0 radical (unpaired) electrons. The number of hydrogen-bond acceptors (Lipinski definition) is 5. The summed E-state index contributed by atoms with van der Waals surface area (Å²) in [6, 6.07) is 2.14. The number of rotatable bonds is 4. The van der Waals surface area contributed by atoms with Crippen molar-refractivity contribution < 1.29 is 4.52 Å². The van der Waals surface area contributed by atoms with Crippen molar-refractivity contribution in [3.8, 4) is 0 Å². The topological polar surface area (TPSA) is 70.8 Å². The van der Waals surface area contributed by atoms with Crippen LogP contribution in [0.2, 0.25) is 0 Å². The Bertz CT molecular complexity index is 615. The molecule has 1 atom stereocenters. The number of aromatic amines is 1. The minimum Gasteiger partial charge on any atom is -0.361 e. The zero-order valence-corrected chi connectivity index (χ0v) is 12.4. The zero-order chi connectivity index (χ0) is 14.2. The van der Waals surface area contributed by atoms with Gasteiger partial charge in [-0.2, -0.15) is 5.10 Å². The molecule has 0 amide bonds. The predicted molar refractivity (Wildman–Crippen MR) is 76.8 cm³/mol.